The van der Waals surface area contributed by atoms with Gasteiger partial charge < -0.3 is 0 Å². The zero-order valence-electron chi connectivity index (χ0n) is 15.5. The average Bonchev–Trinajstić information content (AvgIpc) is 2.90. The summed E-state index contributed by atoms with van der Waals surface area (Å²) in [5, 5.41) is 0. The van der Waals surface area contributed by atoms with Crippen LogP contribution in [0.5, 0.6) is 0 Å². The van der Waals surface area contributed by atoms with E-state index in [-0.39, 0.29) is 6.04 Å². The van der Waals surface area contributed by atoms with Crippen LogP contribution in [0.2, 0.25) is 0 Å². The van der Waals surface area contributed by atoms with Crippen LogP contribution in [0.3, 0.4) is 0 Å². The average molecular weight is 366 g/mol. The second-order valence-electron chi connectivity index (χ2n) is 6.20. The lowest BCUT2D eigenvalue weighted by atomic mass is 10.2. The van der Waals surface area contributed by atoms with E-state index in [1.54, 1.807) is 11.5 Å². The van der Waals surface area contributed by atoms with Gasteiger partial charge in [0.05, 0.1) is 5.69 Å². The van der Waals surface area contributed by atoms with E-state index < -0.39 is 0 Å². The van der Waals surface area contributed by atoms with Crippen molar-refractivity contribution in [2.45, 2.75) is 19.9 Å². The van der Waals surface area contributed by atoms with Crippen LogP contribution in [-0.4, -0.2) is 20.4 Å². The van der Waals surface area contributed by atoms with Crippen molar-refractivity contribution < 1.29 is 0 Å². The van der Waals surface area contributed by atoms with E-state index >= 15 is 0 Å². The van der Waals surface area contributed by atoms with Crippen molar-refractivity contribution in [2.24, 2.45) is 29.1 Å². The molecule has 5 nitrogen and oxygen atoms in total. The molecule has 0 atom stereocenters. The second kappa shape index (κ2) is 8.10. The van der Waals surface area contributed by atoms with Gasteiger partial charge in [-0.05, 0) is 37.5 Å². The molecule has 0 aliphatic carbocycles. The Hall–Kier alpha value is -2.73. The molecular weight excluding hydrogens is 342 g/mol. The predicted octanol–water partition coefficient (Wildman–Crippen LogP) is 3.41. The van der Waals surface area contributed by atoms with E-state index in [2.05, 4.69) is 18.8 Å². The fourth-order valence-corrected chi connectivity index (χ4v) is 3.30. The zero-order valence-corrected chi connectivity index (χ0v) is 16.3. The molecule has 0 fully saturated rings. The first-order valence-electron chi connectivity index (χ1n) is 8.55. The van der Waals surface area contributed by atoms with Crippen molar-refractivity contribution in [3.05, 3.63) is 76.6 Å². The molecule has 0 aliphatic heterocycles. The first-order chi connectivity index (χ1) is 12.5. The Labute approximate surface area is 157 Å². The minimum absolute atomic E-state index is 0.224. The van der Waals surface area contributed by atoms with E-state index in [0.717, 1.165) is 21.7 Å². The highest BCUT2D eigenvalue weighted by Gasteiger charge is 2.06. The lowest BCUT2D eigenvalue weighted by Gasteiger charge is -2.02. The van der Waals surface area contributed by atoms with Gasteiger partial charge in [-0.1, -0.05) is 48.5 Å². The second-order valence-corrected chi connectivity index (χ2v) is 7.30. The highest BCUT2D eigenvalue weighted by atomic mass is 32.1. The van der Waals surface area contributed by atoms with Gasteiger partial charge in [0.2, 0.25) is 10.4 Å². The number of para-hydroxylation sites is 1. The van der Waals surface area contributed by atoms with Crippen LogP contribution in [0.1, 0.15) is 19.4 Å². The molecule has 0 bridgehead atoms. The van der Waals surface area contributed by atoms with Crippen LogP contribution in [0.25, 0.3) is 0 Å². The molecule has 6 heteroatoms. The summed E-state index contributed by atoms with van der Waals surface area (Å²) in [7, 11) is 3.99. The maximum atomic E-state index is 4.86. The van der Waals surface area contributed by atoms with Gasteiger partial charge in [0.15, 0.2) is 5.84 Å². The number of benzene rings is 2. The fourth-order valence-electron chi connectivity index (χ4n) is 2.47. The lowest BCUT2D eigenvalue weighted by Crippen LogP contribution is -2.29. The van der Waals surface area contributed by atoms with Crippen LogP contribution in [0, 0.1) is 0 Å². The third-order valence-electron chi connectivity index (χ3n) is 3.69. The molecule has 0 N–H and O–H groups in total. The Bertz CT molecular complexity index is 1020. The maximum absolute atomic E-state index is 4.86. The molecule has 0 spiro atoms. The van der Waals surface area contributed by atoms with Gasteiger partial charge in [0, 0.05) is 25.7 Å². The zero-order chi connectivity index (χ0) is 18.5. The highest BCUT2D eigenvalue weighted by molar-refractivity contribution is 7.03. The van der Waals surface area contributed by atoms with E-state index in [1.165, 1.54) is 0 Å². The number of hydrogen-bond acceptors (Lipinski definition) is 3. The molecule has 3 rings (SSSR count). The number of hydrogen-bond donors (Lipinski definition) is 0. The summed E-state index contributed by atoms with van der Waals surface area (Å²) >= 11 is 1.55. The molecule has 1 aromatic heterocycles. The number of aromatic nitrogens is 2. The lowest BCUT2D eigenvalue weighted by molar-refractivity contribution is 0.675. The van der Waals surface area contributed by atoms with E-state index in [4.69, 9.17) is 9.98 Å². The highest BCUT2D eigenvalue weighted by Crippen LogP contribution is 2.13. The van der Waals surface area contributed by atoms with Crippen molar-refractivity contribution in [2.75, 3.05) is 0 Å². The molecule has 0 radical (unpaired) electrons. The Morgan fingerprint density at radius 1 is 0.923 bits per heavy atom. The van der Waals surface area contributed by atoms with Crippen LogP contribution in [-0.2, 0) is 14.1 Å². The summed E-state index contributed by atoms with van der Waals surface area (Å²) in [4.78, 5) is 15.2. The third-order valence-corrected chi connectivity index (χ3v) is 4.65. The summed E-state index contributed by atoms with van der Waals surface area (Å²) in [6, 6.07) is 20.2. The smallest absolute Gasteiger partial charge is 0.216 e. The van der Waals surface area contributed by atoms with Crippen molar-refractivity contribution in [1.29, 1.82) is 0 Å². The molecule has 1 heterocycles. The van der Waals surface area contributed by atoms with E-state index in [9.17, 15) is 0 Å². The maximum Gasteiger partial charge on any atom is 0.216 e. The van der Waals surface area contributed by atoms with Gasteiger partial charge in [-0.25, -0.2) is 9.98 Å². The number of aryl methyl sites for hydroxylation is 1. The third kappa shape index (κ3) is 4.26. The molecule has 0 aliphatic rings. The molecule has 0 saturated carbocycles. The van der Waals surface area contributed by atoms with Gasteiger partial charge in [-0.2, -0.15) is 4.99 Å². The Morgan fingerprint density at radius 2 is 1.54 bits per heavy atom. The van der Waals surface area contributed by atoms with Gasteiger partial charge in [-0.15, -0.1) is 0 Å². The minimum atomic E-state index is 0.224. The Kier molecular flexibility index (Phi) is 5.63. The van der Waals surface area contributed by atoms with Gasteiger partial charge in [0.1, 0.15) is 0 Å². The van der Waals surface area contributed by atoms with Gasteiger partial charge in [-0.3, -0.25) is 8.52 Å². The van der Waals surface area contributed by atoms with E-state index in [1.807, 2.05) is 83.3 Å². The van der Waals surface area contributed by atoms with Crippen molar-refractivity contribution >= 4 is 23.1 Å². The molecule has 0 unspecified atom stereocenters. The van der Waals surface area contributed by atoms with Crippen molar-refractivity contribution in [3.63, 3.8) is 0 Å². The van der Waals surface area contributed by atoms with Crippen LogP contribution >= 0.6 is 11.5 Å². The molecule has 0 saturated heterocycles. The summed E-state index contributed by atoms with van der Waals surface area (Å²) in [5.74, 6) is 0.686. The summed E-state index contributed by atoms with van der Waals surface area (Å²) in [5.41, 5.74) is 2.76. The number of rotatable bonds is 3. The summed E-state index contributed by atoms with van der Waals surface area (Å²) in [6.45, 7) is 4.14. The molecule has 3 aromatic rings. The molecule has 26 heavy (non-hydrogen) atoms. The first-order valence-corrected chi connectivity index (χ1v) is 9.33. The normalized spacial score (nSPS) is 13.7. The predicted molar refractivity (Wildman–Crippen MR) is 108 cm³/mol. The molecular formula is C20H23N5S. The minimum Gasteiger partial charge on any atom is -0.289 e. The standard InChI is InChI=1S/C20H23N5S/c1-15(2)21-19-24(3)20(26-25(19)4)23-18(16-11-7-5-8-12-16)22-17-13-9-6-10-14-17/h5-15H,1-4H3. The number of aliphatic imine (C=N–C) groups is 1. The quantitative estimate of drug-likeness (QED) is 0.504. The van der Waals surface area contributed by atoms with Crippen molar-refractivity contribution in [3.8, 4) is 0 Å². The number of nitrogens with zero attached hydrogens (tertiary/aromatic N) is 5. The molecule has 134 valence electrons. The summed E-state index contributed by atoms with van der Waals surface area (Å²) in [6.07, 6.45) is 0. The monoisotopic (exact) mass is 365 g/mol. The molecule has 0 amide bonds. The number of amidine groups is 1. The van der Waals surface area contributed by atoms with Crippen LogP contribution in [0.15, 0.2) is 75.6 Å². The van der Waals surface area contributed by atoms with Crippen LogP contribution in [0.4, 0.5) is 5.69 Å². The summed E-state index contributed by atoms with van der Waals surface area (Å²) < 4.78 is 4.04. The van der Waals surface area contributed by atoms with Crippen LogP contribution < -0.4 is 10.4 Å². The van der Waals surface area contributed by atoms with Crippen molar-refractivity contribution in [1.82, 2.24) is 8.52 Å². The first kappa shape index (κ1) is 18.1. The molecule has 2 aromatic carbocycles. The SMILES string of the molecule is CC(C)N=c1n(C)sc(=NC(=Nc2ccccc2)c2ccccc2)n1C. The topological polar surface area (TPSA) is 46.9 Å². The fraction of sp³-hybridized carbons (Fsp3) is 0.250. The van der Waals surface area contributed by atoms with Gasteiger partial charge >= 0.3 is 0 Å². The van der Waals surface area contributed by atoms with E-state index in [0.29, 0.717) is 5.84 Å². The largest absolute Gasteiger partial charge is 0.289 e. The van der Waals surface area contributed by atoms with Gasteiger partial charge in [0.25, 0.3) is 0 Å². The Morgan fingerprint density at radius 3 is 2.15 bits per heavy atom. The Balaban J connectivity index is 2.19.